The van der Waals surface area contributed by atoms with E-state index in [2.05, 4.69) is 156 Å². The second-order valence-corrected chi connectivity index (χ2v) is 15.4. The number of benzene rings is 8. The van der Waals surface area contributed by atoms with Crippen LogP contribution >= 0.6 is 11.3 Å². The van der Waals surface area contributed by atoms with Crippen molar-refractivity contribution in [1.29, 1.82) is 0 Å². The van der Waals surface area contributed by atoms with Crippen LogP contribution in [0.5, 0.6) is 0 Å². The first-order valence-electron chi connectivity index (χ1n) is 19.0. The lowest BCUT2D eigenvalue weighted by atomic mass is 9.98. The summed E-state index contributed by atoms with van der Waals surface area (Å²) in [6, 6.07) is 63.6. The second-order valence-electron chi connectivity index (χ2n) is 14.3. The Kier molecular flexibility index (Phi) is 7.03. The largest absolute Gasteiger partial charge is 0.455 e. The first kappa shape index (κ1) is 31.9. The fourth-order valence-electron chi connectivity index (χ4n) is 8.58. The average Bonchev–Trinajstić information content (AvgIpc) is 3.97. The lowest BCUT2D eigenvalue weighted by Gasteiger charge is -2.12. The van der Waals surface area contributed by atoms with Crippen molar-refractivity contribution in [2.24, 2.45) is 0 Å². The highest BCUT2D eigenvalue weighted by molar-refractivity contribution is 7.26. The third kappa shape index (κ3) is 4.91. The summed E-state index contributed by atoms with van der Waals surface area (Å²) in [5.41, 5.74) is 9.96. The number of rotatable bonds is 5. The lowest BCUT2D eigenvalue weighted by molar-refractivity contribution is 0.670. The van der Waals surface area contributed by atoms with Gasteiger partial charge in [0.1, 0.15) is 11.2 Å². The Bertz CT molecular complexity index is 3530. The number of furan rings is 1. The van der Waals surface area contributed by atoms with Crippen molar-refractivity contribution in [1.82, 2.24) is 19.5 Å². The van der Waals surface area contributed by atoms with E-state index >= 15 is 0 Å². The molecular weight excluding hydrogens is 717 g/mol. The molecule has 12 aromatic rings. The summed E-state index contributed by atoms with van der Waals surface area (Å²) in [5, 5.41) is 6.83. The number of hydrogen-bond donors (Lipinski definition) is 0. The van der Waals surface area contributed by atoms with Crippen LogP contribution in [0, 0.1) is 0 Å². The maximum absolute atomic E-state index is 6.91. The summed E-state index contributed by atoms with van der Waals surface area (Å²) in [5.74, 6) is 1.86. The minimum atomic E-state index is 0.599. The van der Waals surface area contributed by atoms with Crippen LogP contribution in [-0.4, -0.2) is 19.5 Å². The van der Waals surface area contributed by atoms with E-state index in [1.807, 2.05) is 30.3 Å². The predicted octanol–water partition coefficient (Wildman–Crippen LogP) is 13.9. The molecule has 0 radical (unpaired) electrons. The molecule has 0 saturated heterocycles. The number of aromatic nitrogens is 4. The van der Waals surface area contributed by atoms with Gasteiger partial charge in [-0.1, -0.05) is 146 Å². The molecule has 0 unspecified atom stereocenters. The summed E-state index contributed by atoms with van der Waals surface area (Å²) in [6.45, 7) is 0. The van der Waals surface area contributed by atoms with Gasteiger partial charge in [0, 0.05) is 75.2 Å². The lowest BCUT2D eigenvalue weighted by Crippen LogP contribution is -2.00. The number of hydrogen-bond acceptors (Lipinski definition) is 5. The molecule has 0 N–H and O–H groups in total. The molecule has 4 heterocycles. The molecule has 0 aliphatic heterocycles. The summed E-state index contributed by atoms with van der Waals surface area (Å²) in [7, 11) is 0. The van der Waals surface area contributed by atoms with Crippen LogP contribution in [-0.2, 0) is 0 Å². The van der Waals surface area contributed by atoms with Crippen molar-refractivity contribution in [3.05, 3.63) is 182 Å². The van der Waals surface area contributed by atoms with Gasteiger partial charge in [-0.2, -0.15) is 0 Å². The zero-order valence-electron chi connectivity index (χ0n) is 30.4. The molecule has 8 aromatic carbocycles. The van der Waals surface area contributed by atoms with Crippen molar-refractivity contribution in [2.75, 3.05) is 0 Å². The fourth-order valence-corrected chi connectivity index (χ4v) is 9.80. The van der Waals surface area contributed by atoms with Crippen LogP contribution in [0.25, 0.3) is 115 Å². The zero-order valence-corrected chi connectivity index (χ0v) is 31.2. The highest BCUT2D eigenvalue weighted by Gasteiger charge is 2.23. The molecule has 0 fully saturated rings. The van der Waals surface area contributed by atoms with Crippen molar-refractivity contribution < 1.29 is 4.42 Å². The molecule has 0 amide bonds. The van der Waals surface area contributed by atoms with Crippen molar-refractivity contribution in [2.45, 2.75) is 0 Å². The van der Waals surface area contributed by atoms with E-state index < -0.39 is 0 Å². The normalized spacial score (nSPS) is 11.9. The van der Waals surface area contributed by atoms with E-state index in [4.69, 9.17) is 19.4 Å². The fraction of sp³-hybridized carbons (Fsp3) is 0. The van der Waals surface area contributed by atoms with Gasteiger partial charge in [0.2, 0.25) is 0 Å². The zero-order chi connectivity index (χ0) is 37.5. The molecule has 0 aliphatic carbocycles. The topological polar surface area (TPSA) is 56.7 Å². The van der Waals surface area contributed by atoms with Crippen molar-refractivity contribution in [3.63, 3.8) is 0 Å². The third-order valence-corrected chi connectivity index (χ3v) is 12.3. The Morgan fingerprint density at radius 3 is 1.86 bits per heavy atom. The van der Waals surface area contributed by atoms with Crippen molar-refractivity contribution >= 4 is 75.3 Å². The van der Waals surface area contributed by atoms with Gasteiger partial charge in [0.25, 0.3) is 0 Å². The van der Waals surface area contributed by atoms with E-state index in [0.29, 0.717) is 17.5 Å². The molecule has 0 saturated carbocycles. The molecule has 0 atom stereocenters. The molecular formula is C51H30N4OS. The monoisotopic (exact) mass is 746 g/mol. The van der Waals surface area contributed by atoms with E-state index in [1.54, 1.807) is 11.3 Å². The van der Waals surface area contributed by atoms with E-state index in [-0.39, 0.29) is 0 Å². The summed E-state index contributed by atoms with van der Waals surface area (Å²) < 4.78 is 11.7. The smallest absolute Gasteiger partial charge is 0.165 e. The van der Waals surface area contributed by atoms with E-state index in [9.17, 15) is 0 Å². The van der Waals surface area contributed by atoms with Gasteiger partial charge in [-0.15, -0.1) is 11.3 Å². The van der Waals surface area contributed by atoms with Gasteiger partial charge < -0.3 is 8.98 Å². The molecule has 12 rings (SSSR count). The van der Waals surface area contributed by atoms with Crippen LogP contribution in [0.15, 0.2) is 186 Å². The van der Waals surface area contributed by atoms with Crippen molar-refractivity contribution in [3.8, 4) is 51.0 Å². The SMILES string of the molecule is c1ccc(-c2nc(-c3cccc4c3sc3ccccc34)nc(-c3cccc4oc5c(-c6cccc7c8ccccc8n(-c8ccccc8)c67)cccc5c34)n2)cc1. The first-order chi connectivity index (χ1) is 28.3. The molecule has 266 valence electrons. The van der Waals surface area contributed by atoms with E-state index in [1.165, 1.54) is 26.2 Å². The molecule has 4 aromatic heterocycles. The predicted molar refractivity (Wildman–Crippen MR) is 236 cm³/mol. The molecule has 0 spiro atoms. The molecule has 0 aliphatic rings. The van der Waals surface area contributed by atoms with E-state index in [0.717, 1.165) is 71.2 Å². The van der Waals surface area contributed by atoms with Gasteiger partial charge in [-0.25, -0.2) is 15.0 Å². The van der Waals surface area contributed by atoms with Gasteiger partial charge >= 0.3 is 0 Å². The Morgan fingerprint density at radius 1 is 0.421 bits per heavy atom. The Balaban J connectivity index is 1.11. The molecule has 6 heteroatoms. The van der Waals surface area contributed by atoms with Crippen LogP contribution in [0.4, 0.5) is 0 Å². The maximum Gasteiger partial charge on any atom is 0.165 e. The van der Waals surface area contributed by atoms with Crippen LogP contribution < -0.4 is 0 Å². The third-order valence-electron chi connectivity index (χ3n) is 11.1. The summed E-state index contributed by atoms with van der Waals surface area (Å²) in [4.78, 5) is 15.6. The molecule has 0 bridgehead atoms. The molecule has 5 nitrogen and oxygen atoms in total. The maximum atomic E-state index is 6.91. The number of para-hydroxylation sites is 4. The second kappa shape index (κ2) is 12.6. The number of thiophene rings is 1. The molecule has 57 heavy (non-hydrogen) atoms. The van der Waals surface area contributed by atoms with Crippen LogP contribution in [0.1, 0.15) is 0 Å². The Hall–Kier alpha value is -7.41. The average molecular weight is 747 g/mol. The number of nitrogens with zero attached hydrogens (tertiary/aromatic N) is 4. The van der Waals surface area contributed by atoms with Gasteiger partial charge in [0.15, 0.2) is 17.5 Å². The first-order valence-corrected chi connectivity index (χ1v) is 19.8. The summed E-state index contributed by atoms with van der Waals surface area (Å²) >= 11 is 1.78. The van der Waals surface area contributed by atoms with Gasteiger partial charge in [-0.05, 0) is 36.4 Å². The van der Waals surface area contributed by atoms with Gasteiger partial charge in [-0.3, -0.25) is 0 Å². The minimum Gasteiger partial charge on any atom is -0.455 e. The highest BCUT2D eigenvalue weighted by Crippen LogP contribution is 2.45. The van der Waals surface area contributed by atoms with Crippen LogP contribution in [0.2, 0.25) is 0 Å². The number of fused-ring (bicyclic) bond motifs is 9. The highest BCUT2D eigenvalue weighted by atomic mass is 32.1. The minimum absolute atomic E-state index is 0.599. The quantitative estimate of drug-likeness (QED) is 0.176. The standard InChI is InChI=1S/C51H30N4OS/c1-3-15-31(16-4-1)49-52-50(54-51(53-49)41-27-13-24-38-34-20-8-10-30-44(34)57-48(38)41)40-26-14-29-43-45(40)39-25-12-23-37(47(39)56-43)36-22-11-21-35-33-19-7-9-28-42(33)55(46(35)36)32-17-5-2-6-18-32/h1-30H. The summed E-state index contributed by atoms with van der Waals surface area (Å²) in [6.07, 6.45) is 0. The van der Waals surface area contributed by atoms with Gasteiger partial charge in [0.05, 0.1) is 11.0 Å². The Labute approximate surface area is 330 Å². The van der Waals surface area contributed by atoms with Crippen LogP contribution in [0.3, 0.4) is 0 Å². The Morgan fingerprint density at radius 2 is 1.02 bits per heavy atom.